The summed E-state index contributed by atoms with van der Waals surface area (Å²) >= 11 is 0. The summed E-state index contributed by atoms with van der Waals surface area (Å²) in [5, 5.41) is 0. The highest BCUT2D eigenvalue weighted by atomic mass is 13.9. The van der Waals surface area contributed by atoms with E-state index in [0.717, 1.165) is 0 Å². The number of rotatable bonds is 5. The molecule has 0 unspecified atom stereocenters. The highest BCUT2D eigenvalue weighted by Gasteiger charge is 1.80. The van der Waals surface area contributed by atoms with E-state index >= 15 is 0 Å². The van der Waals surface area contributed by atoms with Crippen molar-refractivity contribution < 1.29 is 0 Å². The molecule has 0 N–H and O–H groups in total. The van der Waals surface area contributed by atoms with Gasteiger partial charge < -0.3 is 0 Å². The topological polar surface area (TPSA) is 0 Å². The summed E-state index contributed by atoms with van der Waals surface area (Å²) in [5.41, 5.74) is 2.43. The monoisotopic (exact) mass is 258 g/mol. The molecule has 0 heterocycles. The van der Waals surface area contributed by atoms with Crippen LogP contribution in [0.4, 0.5) is 0 Å². The normalized spacial score (nSPS) is 12.2. The molecule has 0 amide bonds. The lowest BCUT2D eigenvalue weighted by molar-refractivity contribution is 1.66. The van der Waals surface area contributed by atoms with E-state index in [9.17, 15) is 0 Å². The van der Waals surface area contributed by atoms with Crippen LogP contribution in [-0.2, 0) is 0 Å². The SMILES string of the molecule is C(=C/C=C/c1ccccc1)/C=C/C=C/c1ccccc1. The average molecular weight is 258 g/mol. The molecule has 98 valence electrons. The van der Waals surface area contributed by atoms with E-state index in [1.807, 2.05) is 72.9 Å². The first-order chi connectivity index (χ1) is 9.95. The highest BCUT2D eigenvalue weighted by Crippen LogP contribution is 2.02. The van der Waals surface area contributed by atoms with Gasteiger partial charge in [-0.05, 0) is 11.1 Å². The first-order valence-corrected chi connectivity index (χ1v) is 6.73. The molecule has 0 aliphatic carbocycles. The number of hydrogen-bond acceptors (Lipinski definition) is 0. The Hall–Kier alpha value is -2.60. The van der Waals surface area contributed by atoms with Gasteiger partial charge in [0.1, 0.15) is 0 Å². The van der Waals surface area contributed by atoms with E-state index in [1.54, 1.807) is 0 Å². The summed E-state index contributed by atoms with van der Waals surface area (Å²) in [6.45, 7) is 0. The Morgan fingerprint density at radius 3 is 1.15 bits per heavy atom. The van der Waals surface area contributed by atoms with Crippen molar-refractivity contribution in [1.82, 2.24) is 0 Å². The summed E-state index contributed by atoms with van der Waals surface area (Å²) in [6, 6.07) is 20.5. The fourth-order valence-corrected chi connectivity index (χ4v) is 1.72. The lowest BCUT2D eigenvalue weighted by atomic mass is 10.2. The van der Waals surface area contributed by atoms with Gasteiger partial charge in [0.05, 0.1) is 0 Å². The molecule has 0 saturated carbocycles. The van der Waals surface area contributed by atoms with Crippen LogP contribution in [0.15, 0.2) is 97.1 Å². The second kappa shape index (κ2) is 8.49. The van der Waals surface area contributed by atoms with Crippen molar-refractivity contribution in [2.75, 3.05) is 0 Å². The average Bonchev–Trinajstić information content (AvgIpc) is 2.52. The van der Waals surface area contributed by atoms with Crippen LogP contribution in [0.3, 0.4) is 0 Å². The smallest absolute Gasteiger partial charge is 0.0257 e. The molecule has 0 aliphatic rings. The Morgan fingerprint density at radius 1 is 0.400 bits per heavy atom. The minimum Gasteiger partial charge on any atom is -0.0623 e. The second-order valence-electron chi connectivity index (χ2n) is 4.31. The van der Waals surface area contributed by atoms with E-state index in [-0.39, 0.29) is 0 Å². The van der Waals surface area contributed by atoms with E-state index in [4.69, 9.17) is 0 Å². The lowest BCUT2D eigenvalue weighted by Gasteiger charge is -1.88. The van der Waals surface area contributed by atoms with E-state index < -0.39 is 0 Å². The second-order valence-corrected chi connectivity index (χ2v) is 4.31. The zero-order chi connectivity index (χ0) is 13.9. The fraction of sp³-hybridized carbons (Fsp3) is 0. The van der Waals surface area contributed by atoms with Crippen molar-refractivity contribution in [3.05, 3.63) is 108 Å². The summed E-state index contributed by atoms with van der Waals surface area (Å²) in [6.07, 6.45) is 16.4. The van der Waals surface area contributed by atoms with Gasteiger partial charge in [-0.1, -0.05) is 109 Å². The van der Waals surface area contributed by atoms with E-state index in [0.29, 0.717) is 0 Å². The Morgan fingerprint density at radius 2 is 0.750 bits per heavy atom. The fourth-order valence-electron chi connectivity index (χ4n) is 1.72. The van der Waals surface area contributed by atoms with Crippen molar-refractivity contribution in [2.24, 2.45) is 0 Å². The highest BCUT2D eigenvalue weighted by molar-refractivity contribution is 5.52. The number of benzene rings is 2. The van der Waals surface area contributed by atoms with E-state index in [1.165, 1.54) is 11.1 Å². The first kappa shape index (κ1) is 13.8. The lowest BCUT2D eigenvalue weighted by Crippen LogP contribution is -1.66. The predicted molar refractivity (Wildman–Crippen MR) is 89.2 cm³/mol. The maximum atomic E-state index is 2.09. The van der Waals surface area contributed by atoms with Crippen LogP contribution in [0.1, 0.15) is 11.1 Å². The van der Waals surface area contributed by atoms with E-state index in [2.05, 4.69) is 36.4 Å². The van der Waals surface area contributed by atoms with Gasteiger partial charge in [0, 0.05) is 0 Å². The van der Waals surface area contributed by atoms with Gasteiger partial charge in [-0.3, -0.25) is 0 Å². The van der Waals surface area contributed by atoms with Crippen molar-refractivity contribution in [2.45, 2.75) is 0 Å². The molecule has 0 aromatic heterocycles. The standard InChI is InChI=1S/C20H18/c1(3-7-13-19-15-9-5-10-16-19)2-4-8-14-20-17-11-6-12-18-20/h1-18H/b3-1-,4-2+,13-7+,14-8+. The van der Waals surface area contributed by atoms with Gasteiger partial charge in [0.25, 0.3) is 0 Å². The zero-order valence-corrected chi connectivity index (χ0v) is 11.4. The van der Waals surface area contributed by atoms with Gasteiger partial charge >= 0.3 is 0 Å². The predicted octanol–water partition coefficient (Wildman–Crippen LogP) is 5.53. The molecule has 0 saturated heterocycles. The molecule has 0 aliphatic heterocycles. The van der Waals surface area contributed by atoms with Crippen LogP contribution in [0.5, 0.6) is 0 Å². The van der Waals surface area contributed by atoms with Crippen LogP contribution in [0.25, 0.3) is 12.2 Å². The van der Waals surface area contributed by atoms with Gasteiger partial charge in [-0.15, -0.1) is 0 Å². The summed E-state index contributed by atoms with van der Waals surface area (Å²) < 4.78 is 0. The van der Waals surface area contributed by atoms with Crippen LogP contribution in [-0.4, -0.2) is 0 Å². The molecule has 2 aromatic carbocycles. The third-order valence-corrected chi connectivity index (χ3v) is 2.73. The molecule has 20 heavy (non-hydrogen) atoms. The molecular formula is C20H18. The van der Waals surface area contributed by atoms with Gasteiger partial charge in [-0.2, -0.15) is 0 Å². The maximum Gasteiger partial charge on any atom is -0.0257 e. The first-order valence-electron chi connectivity index (χ1n) is 6.73. The van der Waals surface area contributed by atoms with Crippen LogP contribution < -0.4 is 0 Å². The molecular weight excluding hydrogens is 240 g/mol. The molecule has 0 fully saturated rings. The Bertz CT molecular complexity index is 542. The van der Waals surface area contributed by atoms with Crippen molar-refractivity contribution in [1.29, 1.82) is 0 Å². The Labute approximate surface area is 121 Å². The Balaban J connectivity index is 1.77. The summed E-state index contributed by atoms with van der Waals surface area (Å²) in [4.78, 5) is 0. The minimum atomic E-state index is 1.21. The molecule has 2 aromatic rings. The molecule has 0 atom stereocenters. The Kier molecular flexibility index (Phi) is 5.87. The quantitative estimate of drug-likeness (QED) is 0.619. The largest absolute Gasteiger partial charge is 0.0623 e. The van der Waals surface area contributed by atoms with Gasteiger partial charge in [0.2, 0.25) is 0 Å². The zero-order valence-electron chi connectivity index (χ0n) is 11.4. The molecule has 0 spiro atoms. The number of hydrogen-bond donors (Lipinski definition) is 0. The van der Waals surface area contributed by atoms with Crippen LogP contribution in [0.2, 0.25) is 0 Å². The number of allylic oxidation sites excluding steroid dienone is 6. The summed E-state index contributed by atoms with van der Waals surface area (Å²) in [7, 11) is 0. The molecule has 0 bridgehead atoms. The van der Waals surface area contributed by atoms with Gasteiger partial charge in [-0.25, -0.2) is 0 Å². The summed E-state index contributed by atoms with van der Waals surface area (Å²) in [5.74, 6) is 0. The maximum absolute atomic E-state index is 2.09. The molecule has 0 nitrogen and oxygen atoms in total. The molecule has 0 heteroatoms. The van der Waals surface area contributed by atoms with Crippen LogP contribution >= 0.6 is 0 Å². The van der Waals surface area contributed by atoms with Crippen molar-refractivity contribution in [3.63, 3.8) is 0 Å². The van der Waals surface area contributed by atoms with Crippen molar-refractivity contribution >= 4 is 12.2 Å². The molecule has 2 rings (SSSR count). The van der Waals surface area contributed by atoms with Gasteiger partial charge in [0.15, 0.2) is 0 Å². The van der Waals surface area contributed by atoms with Crippen LogP contribution in [0, 0.1) is 0 Å². The molecule has 0 radical (unpaired) electrons. The van der Waals surface area contributed by atoms with Crippen molar-refractivity contribution in [3.8, 4) is 0 Å². The third-order valence-electron chi connectivity index (χ3n) is 2.73. The third kappa shape index (κ3) is 5.36. The minimum absolute atomic E-state index is 1.21.